The van der Waals surface area contributed by atoms with Gasteiger partial charge in [0.15, 0.2) is 0 Å². The number of nitrogens with zero attached hydrogens (tertiary/aromatic N) is 1. The van der Waals surface area contributed by atoms with Gasteiger partial charge in [-0.25, -0.2) is 5.84 Å². The van der Waals surface area contributed by atoms with E-state index in [1.165, 1.54) is 0 Å². The number of nitrogens with one attached hydrogen (secondary N) is 1. The Balaban J connectivity index is 3.11. The molecule has 3 nitrogen and oxygen atoms in total. The first-order valence-electron chi connectivity index (χ1n) is 4.15. The normalized spacial score (nSPS) is 11.6. The number of benzene rings is 1. The second-order valence-electron chi connectivity index (χ2n) is 2.59. The molecule has 0 saturated heterocycles. The summed E-state index contributed by atoms with van der Waals surface area (Å²) in [6, 6.07) is 5.56. The number of nitrogens with two attached hydrogens (primary N) is 1. The summed E-state index contributed by atoms with van der Waals surface area (Å²) in [5.74, 6) is 5.95. The summed E-state index contributed by atoms with van der Waals surface area (Å²) in [7, 11) is 0. The lowest BCUT2D eigenvalue weighted by Gasteiger charge is -2.07. The fourth-order valence-corrected chi connectivity index (χ4v) is 1.81. The Kier molecular flexibility index (Phi) is 4.38. The first-order valence-corrected chi connectivity index (χ1v) is 5.32. The van der Waals surface area contributed by atoms with Gasteiger partial charge in [-0.05, 0) is 25.1 Å². The van der Waals surface area contributed by atoms with Gasteiger partial charge in [-0.3, -0.25) is 4.99 Å². The molecule has 1 aromatic carbocycles. The fraction of sp³-hybridized carbons (Fsp3) is 0.222. The lowest BCUT2D eigenvalue weighted by Crippen LogP contribution is -2.31. The highest BCUT2D eigenvalue weighted by atomic mass is 79.9. The Bertz CT molecular complexity index is 352. The maximum Gasteiger partial charge on any atom is 0.144 e. The predicted octanol–water partition coefficient (Wildman–Crippen LogP) is 2.33. The van der Waals surface area contributed by atoms with E-state index in [0.29, 0.717) is 17.4 Å². The fourth-order valence-electron chi connectivity index (χ4n) is 1.05. The van der Waals surface area contributed by atoms with Crippen LogP contribution in [0.4, 0.5) is 0 Å². The molecule has 14 heavy (non-hydrogen) atoms. The van der Waals surface area contributed by atoms with Crippen molar-refractivity contribution < 1.29 is 0 Å². The minimum atomic E-state index is 0.602. The van der Waals surface area contributed by atoms with Crippen molar-refractivity contribution in [3.05, 3.63) is 33.3 Å². The van der Waals surface area contributed by atoms with Crippen LogP contribution in [0, 0.1) is 0 Å². The van der Waals surface area contributed by atoms with E-state index in [9.17, 15) is 0 Å². The predicted molar refractivity (Wildman–Crippen MR) is 63.6 cm³/mol. The van der Waals surface area contributed by atoms with Crippen LogP contribution in [-0.4, -0.2) is 12.4 Å². The molecule has 0 atom stereocenters. The maximum atomic E-state index is 6.03. The van der Waals surface area contributed by atoms with Crippen LogP contribution < -0.4 is 11.3 Å². The summed E-state index contributed by atoms with van der Waals surface area (Å²) < 4.78 is 0.930. The van der Waals surface area contributed by atoms with Gasteiger partial charge < -0.3 is 5.43 Å². The monoisotopic (exact) mass is 275 g/mol. The molecule has 3 N–H and O–H groups in total. The van der Waals surface area contributed by atoms with Crippen LogP contribution in [0.5, 0.6) is 0 Å². The molecule has 5 heteroatoms. The molecule has 0 aliphatic heterocycles. The van der Waals surface area contributed by atoms with Gasteiger partial charge >= 0.3 is 0 Å². The number of aliphatic imine (C=N–C) groups is 1. The highest BCUT2D eigenvalue weighted by Crippen LogP contribution is 2.21. The summed E-state index contributed by atoms with van der Waals surface area (Å²) >= 11 is 9.36. The van der Waals surface area contributed by atoms with E-state index in [1.807, 2.05) is 19.1 Å². The molecule has 0 bridgehead atoms. The third-order valence-electron chi connectivity index (χ3n) is 1.64. The van der Waals surface area contributed by atoms with E-state index in [0.717, 1.165) is 10.0 Å². The van der Waals surface area contributed by atoms with Crippen LogP contribution in [0.25, 0.3) is 0 Å². The quantitative estimate of drug-likeness (QED) is 0.377. The number of hydrogen-bond donors (Lipinski definition) is 2. The molecule has 1 rings (SSSR count). The van der Waals surface area contributed by atoms with E-state index in [-0.39, 0.29) is 0 Å². The number of hydrazine groups is 1. The highest BCUT2D eigenvalue weighted by Gasteiger charge is 2.06. The van der Waals surface area contributed by atoms with E-state index in [4.69, 9.17) is 17.4 Å². The van der Waals surface area contributed by atoms with Gasteiger partial charge in [0.05, 0.1) is 5.02 Å². The zero-order chi connectivity index (χ0) is 10.6. The van der Waals surface area contributed by atoms with E-state index in [1.54, 1.807) is 6.07 Å². The molecule has 0 aromatic heterocycles. The van der Waals surface area contributed by atoms with E-state index < -0.39 is 0 Å². The third-order valence-corrected chi connectivity index (χ3v) is 2.45. The van der Waals surface area contributed by atoms with Crippen LogP contribution in [0.3, 0.4) is 0 Å². The molecule has 0 aliphatic carbocycles. The summed E-state index contributed by atoms with van der Waals surface area (Å²) in [4.78, 5) is 4.18. The molecule has 0 spiro atoms. The molecule has 0 radical (unpaired) electrons. The molecule has 76 valence electrons. The highest BCUT2D eigenvalue weighted by molar-refractivity contribution is 9.10. The summed E-state index contributed by atoms with van der Waals surface area (Å²) in [6.07, 6.45) is 0. The Labute approximate surface area is 96.5 Å². The van der Waals surface area contributed by atoms with Gasteiger partial charge in [-0.15, -0.1) is 0 Å². The van der Waals surface area contributed by atoms with Gasteiger partial charge in [0.25, 0.3) is 0 Å². The van der Waals surface area contributed by atoms with Crippen LogP contribution in [0.15, 0.2) is 27.7 Å². The van der Waals surface area contributed by atoms with E-state index >= 15 is 0 Å². The molecule has 1 aromatic rings. The van der Waals surface area contributed by atoms with Crippen LogP contribution in [0.1, 0.15) is 12.5 Å². The van der Waals surface area contributed by atoms with Crippen LogP contribution >= 0.6 is 27.5 Å². The minimum Gasteiger partial charge on any atom is -0.308 e. The standard InChI is InChI=1S/C9H11BrClN3/c1-2-13-9(14-12)7-4-3-6(10)5-8(7)11/h3-5H,2,12H2,1H3,(H,13,14). The average Bonchev–Trinajstić information content (AvgIpc) is 2.15. The smallest absolute Gasteiger partial charge is 0.144 e. The Morgan fingerprint density at radius 2 is 2.36 bits per heavy atom. The lowest BCUT2D eigenvalue weighted by molar-refractivity contribution is 0.991. The molecule has 0 aliphatic rings. The molecular weight excluding hydrogens is 265 g/mol. The van der Waals surface area contributed by atoms with Gasteiger partial charge in [-0.2, -0.15) is 0 Å². The second kappa shape index (κ2) is 5.34. The average molecular weight is 277 g/mol. The second-order valence-corrected chi connectivity index (χ2v) is 3.91. The van der Waals surface area contributed by atoms with Crippen molar-refractivity contribution in [2.45, 2.75) is 6.92 Å². The maximum absolute atomic E-state index is 6.03. The largest absolute Gasteiger partial charge is 0.308 e. The topological polar surface area (TPSA) is 50.4 Å². The Morgan fingerprint density at radius 1 is 1.64 bits per heavy atom. The summed E-state index contributed by atoms with van der Waals surface area (Å²) in [5, 5.41) is 0.615. The Hall–Kier alpha value is -0.580. The first kappa shape index (κ1) is 11.5. The molecule has 0 saturated carbocycles. The summed E-state index contributed by atoms with van der Waals surface area (Å²) in [6.45, 7) is 2.59. The van der Waals surface area contributed by atoms with Gasteiger partial charge in [0, 0.05) is 16.6 Å². The number of hydrogen-bond acceptors (Lipinski definition) is 2. The zero-order valence-corrected chi connectivity index (χ0v) is 10.1. The Morgan fingerprint density at radius 3 is 2.86 bits per heavy atom. The van der Waals surface area contributed by atoms with Crippen molar-refractivity contribution in [3.8, 4) is 0 Å². The molecule has 0 amide bonds. The van der Waals surface area contributed by atoms with Crippen LogP contribution in [0.2, 0.25) is 5.02 Å². The zero-order valence-electron chi connectivity index (χ0n) is 7.72. The SMILES string of the molecule is CCN=C(NN)c1ccc(Br)cc1Cl. The van der Waals surface area contributed by atoms with Crippen molar-refractivity contribution in [2.75, 3.05) is 6.54 Å². The van der Waals surface area contributed by atoms with Crippen molar-refractivity contribution >= 4 is 33.4 Å². The van der Waals surface area contributed by atoms with Crippen molar-refractivity contribution in [1.29, 1.82) is 0 Å². The van der Waals surface area contributed by atoms with Gasteiger partial charge in [0.1, 0.15) is 5.84 Å². The first-order chi connectivity index (χ1) is 6.69. The molecule has 0 unspecified atom stereocenters. The number of halogens is 2. The van der Waals surface area contributed by atoms with Gasteiger partial charge in [-0.1, -0.05) is 27.5 Å². The lowest BCUT2D eigenvalue weighted by atomic mass is 10.2. The van der Waals surface area contributed by atoms with Crippen LogP contribution in [-0.2, 0) is 0 Å². The van der Waals surface area contributed by atoms with Crippen molar-refractivity contribution in [1.82, 2.24) is 5.43 Å². The molecular formula is C9H11BrClN3. The minimum absolute atomic E-state index is 0.602. The summed E-state index contributed by atoms with van der Waals surface area (Å²) in [5.41, 5.74) is 3.33. The number of amidine groups is 1. The van der Waals surface area contributed by atoms with Gasteiger partial charge in [0.2, 0.25) is 0 Å². The van der Waals surface area contributed by atoms with Crippen molar-refractivity contribution in [2.24, 2.45) is 10.8 Å². The van der Waals surface area contributed by atoms with Crippen molar-refractivity contribution in [3.63, 3.8) is 0 Å². The molecule has 0 fully saturated rings. The van der Waals surface area contributed by atoms with E-state index in [2.05, 4.69) is 26.3 Å². The molecule has 0 heterocycles. The third kappa shape index (κ3) is 2.70. The number of rotatable bonds is 2.